The number of carbonyl (C=O) groups is 1. The molecule has 0 fully saturated rings. The number of carboxylic acids is 1. The second-order valence-electron chi connectivity index (χ2n) is 5.42. The van der Waals surface area contributed by atoms with E-state index in [0.29, 0.717) is 12.1 Å². The number of hydrogen-bond donors (Lipinski definition) is 2. The third kappa shape index (κ3) is 3.39. The van der Waals surface area contributed by atoms with Gasteiger partial charge in [-0.15, -0.1) is 0 Å². The lowest BCUT2D eigenvalue weighted by Gasteiger charge is -2.21. The number of sulfonamides is 1. The van der Waals surface area contributed by atoms with Crippen LogP contribution in [0.2, 0.25) is 0 Å². The van der Waals surface area contributed by atoms with Gasteiger partial charge in [0.1, 0.15) is 18.8 Å². The van der Waals surface area contributed by atoms with Crippen LogP contribution in [0, 0.1) is 0 Å². The Bertz CT molecular complexity index is 923. The SMILES string of the molecule is CCc1ccccc1NS(=O)(=O)c1cc2c(c(C(=O)O)c1)OCCO2. The van der Waals surface area contributed by atoms with Crippen LogP contribution in [0.1, 0.15) is 22.8 Å². The number of benzene rings is 2. The second-order valence-corrected chi connectivity index (χ2v) is 7.10. The molecule has 2 N–H and O–H groups in total. The number of hydrogen-bond acceptors (Lipinski definition) is 5. The highest BCUT2D eigenvalue weighted by molar-refractivity contribution is 7.92. The lowest BCUT2D eigenvalue weighted by molar-refractivity contribution is 0.0685. The van der Waals surface area contributed by atoms with Crippen molar-refractivity contribution in [1.29, 1.82) is 0 Å². The van der Waals surface area contributed by atoms with Gasteiger partial charge in [-0.25, -0.2) is 13.2 Å². The molecule has 0 spiro atoms. The number of carboxylic acid groups (broad SMARTS) is 1. The maximum absolute atomic E-state index is 12.7. The number of aromatic carboxylic acids is 1. The van der Waals surface area contributed by atoms with Crippen LogP contribution in [-0.4, -0.2) is 32.7 Å². The summed E-state index contributed by atoms with van der Waals surface area (Å²) in [5, 5.41) is 9.35. The number of rotatable bonds is 5. The Morgan fingerprint density at radius 3 is 2.64 bits per heavy atom. The van der Waals surface area contributed by atoms with Gasteiger partial charge in [0.2, 0.25) is 0 Å². The van der Waals surface area contributed by atoms with Gasteiger partial charge in [0, 0.05) is 6.07 Å². The summed E-state index contributed by atoms with van der Waals surface area (Å²) in [7, 11) is -3.98. The highest BCUT2D eigenvalue weighted by Crippen LogP contribution is 2.37. The third-order valence-corrected chi connectivity index (χ3v) is 5.14. The number of anilines is 1. The van der Waals surface area contributed by atoms with E-state index in [1.54, 1.807) is 12.1 Å². The van der Waals surface area contributed by atoms with Crippen LogP contribution in [0.3, 0.4) is 0 Å². The van der Waals surface area contributed by atoms with E-state index in [1.807, 2.05) is 19.1 Å². The topological polar surface area (TPSA) is 102 Å². The predicted octanol–water partition coefficient (Wildman–Crippen LogP) is 2.52. The fourth-order valence-electron chi connectivity index (χ4n) is 2.57. The van der Waals surface area contributed by atoms with E-state index in [4.69, 9.17) is 9.47 Å². The molecule has 1 heterocycles. The molecule has 2 aromatic rings. The Morgan fingerprint density at radius 2 is 1.92 bits per heavy atom. The standard InChI is InChI=1S/C17H17NO6S/c1-2-11-5-3-4-6-14(11)18-25(21,22)12-9-13(17(19)20)16-15(10-12)23-7-8-24-16/h3-6,9-10,18H,2,7-8H2,1H3,(H,19,20). The van der Waals surface area contributed by atoms with E-state index in [2.05, 4.69) is 4.72 Å². The monoisotopic (exact) mass is 363 g/mol. The zero-order chi connectivity index (χ0) is 18.0. The van der Waals surface area contributed by atoms with Crippen LogP contribution in [0.5, 0.6) is 11.5 Å². The molecule has 0 unspecified atom stereocenters. The Kier molecular flexibility index (Phi) is 4.54. The molecular weight excluding hydrogens is 346 g/mol. The lowest BCUT2D eigenvalue weighted by Crippen LogP contribution is -2.20. The summed E-state index contributed by atoms with van der Waals surface area (Å²) < 4.78 is 38.7. The van der Waals surface area contributed by atoms with E-state index in [9.17, 15) is 18.3 Å². The van der Waals surface area contributed by atoms with Crippen molar-refractivity contribution < 1.29 is 27.8 Å². The fourth-order valence-corrected chi connectivity index (χ4v) is 3.72. The number of para-hydroxylation sites is 1. The number of fused-ring (bicyclic) bond motifs is 1. The van der Waals surface area contributed by atoms with Crippen molar-refractivity contribution in [1.82, 2.24) is 0 Å². The summed E-state index contributed by atoms with van der Waals surface area (Å²) >= 11 is 0. The van der Waals surface area contributed by atoms with Crippen LogP contribution in [0.4, 0.5) is 5.69 Å². The Labute approximate surface area is 145 Å². The molecular formula is C17H17NO6S. The third-order valence-electron chi connectivity index (χ3n) is 3.80. The zero-order valence-electron chi connectivity index (χ0n) is 13.5. The van der Waals surface area contributed by atoms with Gasteiger partial charge < -0.3 is 14.6 Å². The van der Waals surface area contributed by atoms with Crippen LogP contribution >= 0.6 is 0 Å². The van der Waals surface area contributed by atoms with Crippen LogP contribution in [-0.2, 0) is 16.4 Å². The second kappa shape index (κ2) is 6.64. The summed E-state index contributed by atoms with van der Waals surface area (Å²) in [5.74, 6) is -1.13. The minimum Gasteiger partial charge on any atom is -0.486 e. The van der Waals surface area contributed by atoms with Gasteiger partial charge in [-0.05, 0) is 24.1 Å². The lowest BCUT2D eigenvalue weighted by atomic mass is 10.1. The molecule has 0 amide bonds. The Morgan fingerprint density at radius 1 is 1.20 bits per heavy atom. The normalized spacial score (nSPS) is 13.3. The molecule has 3 rings (SSSR count). The van der Waals surface area contributed by atoms with Crippen molar-refractivity contribution in [2.75, 3.05) is 17.9 Å². The summed E-state index contributed by atoms with van der Waals surface area (Å²) in [6, 6.07) is 9.38. The average Bonchev–Trinajstić information content (AvgIpc) is 2.60. The number of ether oxygens (including phenoxy) is 2. The van der Waals surface area contributed by atoms with Crippen molar-refractivity contribution in [3.05, 3.63) is 47.5 Å². The molecule has 1 aliphatic heterocycles. The molecule has 2 aromatic carbocycles. The fraction of sp³-hybridized carbons (Fsp3) is 0.235. The van der Waals surface area contributed by atoms with Gasteiger partial charge in [-0.3, -0.25) is 4.72 Å². The first-order valence-corrected chi connectivity index (χ1v) is 9.18. The molecule has 132 valence electrons. The molecule has 1 aliphatic rings. The van der Waals surface area contributed by atoms with Crippen molar-refractivity contribution in [3.8, 4) is 11.5 Å². The quantitative estimate of drug-likeness (QED) is 0.846. The largest absolute Gasteiger partial charge is 0.486 e. The molecule has 0 aromatic heterocycles. The van der Waals surface area contributed by atoms with Gasteiger partial charge in [0.15, 0.2) is 11.5 Å². The number of nitrogens with one attached hydrogen (secondary N) is 1. The zero-order valence-corrected chi connectivity index (χ0v) is 14.3. The molecule has 25 heavy (non-hydrogen) atoms. The first kappa shape index (κ1) is 17.1. The molecule has 0 atom stereocenters. The minimum atomic E-state index is -3.98. The summed E-state index contributed by atoms with van der Waals surface area (Å²) in [6.07, 6.45) is 0.653. The van der Waals surface area contributed by atoms with Crippen molar-refractivity contribution in [2.24, 2.45) is 0 Å². The smallest absolute Gasteiger partial charge is 0.339 e. The minimum absolute atomic E-state index is 0.0478. The molecule has 7 nitrogen and oxygen atoms in total. The number of aryl methyl sites for hydroxylation is 1. The molecule has 0 radical (unpaired) electrons. The van der Waals surface area contributed by atoms with Gasteiger partial charge >= 0.3 is 5.97 Å². The molecule has 0 saturated heterocycles. The molecule has 0 bridgehead atoms. The summed E-state index contributed by atoms with van der Waals surface area (Å²) in [4.78, 5) is 11.3. The van der Waals surface area contributed by atoms with Crippen LogP contribution < -0.4 is 14.2 Å². The van der Waals surface area contributed by atoms with E-state index >= 15 is 0 Å². The van der Waals surface area contributed by atoms with E-state index in [0.717, 1.165) is 11.6 Å². The first-order valence-electron chi connectivity index (χ1n) is 7.70. The maximum Gasteiger partial charge on any atom is 0.339 e. The van der Waals surface area contributed by atoms with Gasteiger partial charge in [-0.1, -0.05) is 25.1 Å². The highest BCUT2D eigenvalue weighted by atomic mass is 32.2. The summed E-state index contributed by atoms with van der Waals surface area (Å²) in [6.45, 7) is 2.35. The van der Waals surface area contributed by atoms with Crippen LogP contribution in [0.15, 0.2) is 41.3 Å². The molecule has 0 saturated carbocycles. The first-order chi connectivity index (χ1) is 11.9. The van der Waals surface area contributed by atoms with Crippen molar-refractivity contribution in [2.45, 2.75) is 18.2 Å². The van der Waals surface area contributed by atoms with Gasteiger partial charge in [0.05, 0.1) is 10.6 Å². The maximum atomic E-state index is 12.7. The van der Waals surface area contributed by atoms with Gasteiger partial charge in [-0.2, -0.15) is 0 Å². The van der Waals surface area contributed by atoms with Crippen molar-refractivity contribution in [3.63, 3.8) is 0 Å². The average molecular weight is 363 g/mol. The molecule has 8 heteroatoms. The summed E-state index contributed by atoms with van der Waals surface area (Å²) in [5.41, 5.74) is 1.04. The van der Waals surface area contributed by atoms with E-state index < -0.39 is 16.0 Å². The predicted molar refractivity (Wildman–Crippen MR) is 91.0 cm³/mol. The van der Waals surface area contributed by atoms with Crippen LogP contribution in [0.25, 0.3) is 0 Å². The van der Waals surface area contributed by atoms with Crippen molar-refractivity contribution >= 4 is 21.7 Å². The Balaban J connectivity index is 2.05. The van der Waals surface area contributed by atoms with Gasteiger partial charge in [0.25, 0.3) is 10.0 Å². The molecule has 0 aliphatic carbocycles. The van der Waals surface area contributed by atoms with E-state index in [1.165, 1.54) is 6.07 Å². The Hall–Kier alpha value is -2.74. The highest BCUT2D eigenvalue weighted by Gasteiger charge is 2.26. The van der Waals surface area contributed by atoms with E-state index in [-0.39, 0.29) is 35.2 Å².